The van der Waals surface area contributed by atoms with Crippen molar-refractivity contribution in [1.29, 1.82) is 0 Å². The van der Waals surface area contributed by atoms with Crippen LogP contribution in [0.2, 0.25) is 0 Å². The molecule has 0 aliphatic heterocycles. The zero-order chi connectivity index (χ0) is 7.28. The first-order chi connectivity index (χ1) is 4.16. The van der Waals surface area contributed by atoms with Gasteiger partial charge < -0.3 is 5.11 Å². The van der Waals surface area contributed by atoms with Crippen LogP contribution >= 0.6 is 0 Å². The van der Waals surface area contributed by atoms with Crippen molar-refractivity contribution in [3.63, 3.8) is 0 Å². The molecule has 0 aromatic heterocycles. The van der Waals surface area contributed by atoms with E-state index in [1.807, 2.05) is 0 Å². The normalized spacial score (nSPS) is 12.3. The van der Waals surface area contributed by atoms with Gasteiger partial charge in [0.05, 0.1) is 6.10 Å². The van der Waals surface area contributed by atoms with Crippen molar-refractivity contribution in [3.8, 4) is 0 Å². The lowest BCUT2D eigenvalue weighted by molar-refractivity contribution is 0.185. The fourth-order valence-electron chi connectivity index (χ4n) is 0.476. The van der Waals surface area contributed by atoms with Gasteiger partial charge in [0.25, 0.3) is 0 Å². The van der Waals surface area contributed by atoms with Crippen LogP contribution in [-0.2, 0) is 4.79 Å². The van der Waals surface area contributed by atoms with Gasteiger partial charge in [0, 0.05) is 5.57 Å². The van der Waals surface area contributed by atoms with Crippen molar-refractivity contribution in [2.75, 3.05) is 0 Å². The second kappa shape index (κ2) is 4.30. The van der Waals surface area contributed by atoms with E-state index in [2.05, 4.69) is 0 Å². The molecule has 1 atom stereocenters. The number of hydrogen-bond acceptors (Lipinski definition) is 2. The summed E-state index contributed by atoms with van der Waals surface area (Å²) >= 11 is 0. The van der Waals surface area contributed by atoms with E-state index in [0.29, 0.717) is 18.4 Å². The molecule has 0 aromatic rings. The summed E-state index contributed by atoms with van der Waals surface area (Å²) in [6.07, 6.45) is 0.996. The van der Waals surface area contributed by atoms with Crippen LogP contribution in [-0.4, -0.2) is 17.2 Å². The highest BCUT2D eigenvalue weighted by Gasteiger charge is 1.95. The smallest absolute Gasteiger partial charge is 0.123 e. The van der Waals surface area contributed by atoms with Crippen LogP contribution in [0.3, 0.4) is 0 Å². The Kier molecular flexibility index (Phi) is 4.02. The van der Waals surface area contributed by atoms with E-state index >= 15 is 0 Å². The molecule has 0 fully saturated rings. The van der Waals surface area contributed by atoms with E-state index < -0.39 is 0 Å². The van der Waals surface area contributed by atoms with Crippen LogP contribution in [0.4, 0.5) is 0 Å². The van der Waals surface area contributed by atoms with Crippen LogP contribution < -0.4 is 0 Å². The molecule has 0 aromatic carbocycles. The fraction of sp³-hybridized carbons (Fsp3) is 0.714. The van der Waals surface area contributed by atoms with Crippen molar-refractivity contribution in [2.24, 2.45) is 0 Å². The molecule has 52 valence electrons. The predicted molar refractivity (Wildman–Crippen MR) is 35.8 cm³/mol. The maximum Gasteiger partial charge on any atom is 0.123 e. The molecule has 0 bridgehead atoms. The van der Waals surface area contributed by atoms with Crippen LogP contribution in [0.5, 0.6) is 0 Å². The molecule has 0 saturated heterocycles. The Morgan fingerprint density at radius 2 is 2.33 bits per heavy atom. The van der Waals surface area contributed by atoms with Gasteiger partial charge in [0.1, 0.15) is 5.94 Å². The van der Waals surface area contributed by atoms with Crippen LogP contribution in [0, 0.1) is 0 Å². The van der Waals surface area contributed by atoms with Crippen molar-refractivity contribution in [3.05, 3.63) is 5.57 Å². The van der Waals surface area contributed by atoms with Gasteiger partial charge >= 0.3 is 0 Å². The standard InChI is InChI=1S/C7H12O2/c1-6(5-8)3-4-7(2)9/h7,9H,3-4H2,1-2H3. The minimum absolute atomic E-state index is 0.312. The van der Waals surface area contributed by atoms with Gasteiger partial charge in [-0.25, -0.2) is 4.79 Å². The van der Waals surface area contributed by atoms with Gasteiger partial charge in [-0.15, -0.1) is 0 Å². The molecular formula is C7H12O2. The number of rotatable bonds is 3. The highest BCUT2D eigenvalue weighted by Crippen LogP contribution is 2.02. The molecule has 0 rings (SSSR count). The lowest BCUT2D eigenvalue weighted by Gasteiger charge is -1.99. The first-order valence-electron chi connectivity index (χ1n) is 3.05. The first-order valence-corrected chi connectivity index (χ1v) is 3.05. The molecule has 0 heterocycles. The molecule has 2 heteroatoms. The minimum Gasteiger partial charge on any atom is -0.393 e. The second-order valence-corrected chi connectivity index (χ2v) is 2.27. The molecule has 9 heavy (non-hydrogen) atoms. The van der Waals surface area contributed by atoms with Gasteiger partial charge in [-0.1, -0.05) is 0 Å². The third-order valence-corrected chi connectivity index (χ3v) is 1.11. The molecular weight excluding hydrogens is 116 g/mol. The first kappa shape index (κ1) is 8.41. The van der Waals surface area contributed by atoms with E-state index in [0.717, 1.165) is 0 Å². The third kappa shape index (κ3) is 5.28. The maximum absolute atomic E-state index is 9.87. The quantitative estimate of drug-likeness (QED) is 0.574. The number of aliphatic hydroxyl groups excluding tert-OH is 1. The number of allylic oxidation sites excluding steroid dienone is 1. The van der Waals surface area contributed by atoms with Gasteiger partial charge in [0.15, 0.2) is 0 Å². The summed E-state index contributed by atoms with van der Waals surface area (Å²) in [5, 5.41) is 8.75. The Hall–Kier alpha value is -0.590. The average molecular weight is 128 g/mol. The summed E-state index contributed by atoms with van der Waals surface area (Å²) in [5.41, 5.74) is 0.677. The molecule has 0 aliphatic rings. The largest absolute Gasteiger partial charge is 0.393 e. The number of hydrogen-bond donors (Lipinski definition) is 1. The summed E-state index contributed by atoms with van der Waals surface area (Å²) in [6, 6.07) is 0. The van der Waals surface area contributed by atoms with Crippen molar-refractivity contribution < 1.29 is 9.90 Å². The van der Waals surface area contributed by atoms with Crippen molar-refractivity contribution >= 4 is 5.94 Å². The van der Waals surface area contributed by atoms with E-state index in [9.17, 15) is 4.79 Å². The molecule has 1 unspecified atom stereocenters. The molecule has 1 N–H and O–H groups in total. The summed E-state index contributed by atoms with van der Waals surface area (Å²) in [7, 11) is 0. The summed E-state index contributed by atoms with van der Waals surface area (Å²) in [6.45, 7) is 3.42. The molecule has 0 radical (unpaired) electrons. The second-order valence-electron chi connectivity index (χ2n) is 2.27. The fourth-order valence-corrected chi connectivity index (χ4v) is 0.476. The van der Waals surface area contributed by atoms with Gasteiger partial charge in [-0.2, -0.15) is 0 Å². The lowest BCUT2D eigenvalue weighted by atomic mass is 10.1. The van der Waals surface area contributed by atoms with E-state index in [1.165, 1.54) is 0 Å². The topological polar surface area (TPSA) is 37.3 Å². The van der Waals surface area contributed by atoms with Gasteiger partial charge in [-0.3, -0.25) is 0 Å². The summed E-state index contributed by atoms with van der Waals surface area (Å²) < 4.78 is 0. The number of carbonyl (C=O) groups excluding carboxylic acids is 1. The zero-order valence-electron chi connectivity index (χ0n) is 5.85. The molecule has 0 aliphatic carbocycles. The van der Waals surface area contributed by atoms with Crippen molar-refractivity contribution in [1.82, 2.24) is 0 Å². The molecule has 0 amide bonds. The Bertz CT molecular complexity index is 121. The Morgan fingerprint density at radius 3 is 2.67 bits per heavy atom. The van der Waals surface area contributed by atoms with Gasteiger partial charge in [-0.05, 0) is 26.7 Å². The van der Waals surface area contributed by atoms with Crippen LogP contribution in [0.15, 0.2) is 5.57 Å². The maximum atomic E-state index is 9.87. The van der Waals surface area contributed by atoms with E-state index in [-0.39, 0.29) is 6.10 Å². The van der Waals surface area contributed by atoms with E-state index in [4.69, 9.17) is 5.11 Å². The monoisotopic (exact) mass is 128 g/mol. The average Bonchev–Trinajstić information content (AvgIpc) is 1.83. The summed E-state index contributed by atoms with van der Waals surface area (Å²) in [4.78, 5) is 9.87. The van der Waals surface area contributed by atoms with Gasteiger partial charge in [0.2, 0.25) is 0 Å². The SMILES string of the molecule is CC(=C=O)CCC(C)O. The van der Waals surface area contributed by atoms with Crippen molar-refractivity contribution in [2.45, 2.75) is 32.8 Å². The Morgan fingerprint density at radius 1 is 1.78 bits per heavy atom. The minimum atomic E-state index is -0.312. The third-order valence-electron chi connectivity index (χ3n) is 1.11. The lowest BCUT2D eigenvalue weighted by Crippen LogP contribution is -1.98. The molecule has 0 saturated carbocycles. The van der Waals surface area contributed by atoms with E-state index in [1.54, 1.807) is 19.8 Å². The highest BCUT2D eigenvalue weighted by atomic mass is 16.3. The zero-order valence-corrected chi connectivity index (χ0v) is 5.85. The molecule has 0 spiro atoms. The Balaban J connectivity index is 3.40. The highest BCUT2D eigenvalue weighted by molar-refractivity contribution is 5.50. The predicted octanol–water partition coefficient (Wildman–Crippen LogP) is 0.925. The Labute approximate surface area is 55.2 Å². The summed E-state index contributed by atoms with van der Waals surface area (Å²) in [5.74, 6) is 1.78. The van der Waals surface area contributed by atoms with Crippen LogP contribution in [0.25, 0.3) is 0 Å². The van der Waals surface area contributed by atoms with Crippen LogP contribution in [0.1, 0.15) is 26.7 Å². The molecule has 2 nitrogen and oxygen atoms in total. The number of aliphatic hydroxyl groups is 1.